The van der Waals surface area contributed by atoms with Crippen molar-refractivity contribution in [1.82, 2.24) is 14.7 Å². The fourth-order valence-electron chi connectivity index (χ4n) is 2.98. The summed E-state index contributed by atoms with van der Waals surface area (Å²) in [5, 5.41) is 16.8. The van der Waals surface area contributed by atoms with E-state index < -0.39 is 6.10 Å². The molecule has 1 aromatic carbocycles. The van der Waals surface area contributed by atoms with E-state index in [1.54, 1.807) is 4.90 Å². The standard InChI is InChI=1S/C17H22N4O2/c1-11-6-12(2)8-14(7-11)21-13(3)9-16(19-21)18-17(23)20-5-4-15(22)10-20/h6-9,15,22H,4-5,10H2,1-3H3,(H,18,19,23). The van der Waals surface area contributed by atoms with Crippen molar-refractivity contribution in [2.75, 3.05) is 18.4 Å². The van der Waals surface area contributed by atoms with E-state index in [1.807, 2.05) is 17.7 Å². The Kier molecular flexibility index (Phi) is 4.09. The monoisotopic (exact) mass is 314 g/mol. The molecule has 1 aliphatic heterocycles. The zero-order valence-electron chi connectivity index (χ0n) is 13.7. The molecule has 0 saturated carbocycles. The van der Waals surface area contributed by atoms with Gasteiger partial charge in [-0.3, -0.25) is 5.32 Å². The van der Waals surface area contributed by atoms with Crippen LogP contribution < -0.4 is 5.32 Å². The maximum absolute atomic E-state index is 12.2. The highest BCUT2D eigenvalue weighted by molar-refractivity contribution is 5.88. The minimum atomic E-state index is -0.421. The molecular weight excluding hydrogens is 292 g/mol. The molecule has 0 aliphatic carbocycles. The number of urea groups is 1. The number of amides is 2. The number of hydrogen-bond acceptors (Lipinski definition) is 3. The van der Waals surface area contributed by atoms with E-state index in [-0.39, 0.29) is 6.03 Å². The molecule has 3 rings (SSSR count). The first kappa shape index (κ1) is 15.6. The number of rotatable bonds is 2. The van der Waals surface area contributed by atoms with E-state index in [0.717, 1.165) is 11.4 Å². The maximum Gasteiger partial charge on any atom is 0.323 e. The number of carbonyl (C=O) groups is 1. The summed E-state index contributed by atoms with van der Waals surface area (Å²) >= 11 is 0. The van der Waals surface area contributed by atoms with Crippen LogP contribution in [0.3, 0.4) is 0 Å². The largest absolute Gasteiger partial charge is 0.391 e. The predicted molar refractivity (Wildman–Crippen MR) is 89.0 cm³/mol. The lowest BCUT2D eigenvalue weighted by Gasteiger charge is -2.15. The lowest BCUT2D eigenvalue weighted by molar-refractivity contribution is 0.176. The molecule has 0 radical (unpaired) electrons. The minimum absolute atomic E-state index is 0.216. The molecule has 6 heteroatoms. The van der Waals surface area contributed by atoms with Crippen LogP contribution in [0.2, 0.25) is 0 Å². The van der Waals surface area contributed by atoms with Crippen LogP contribution >= 0.6 is 0 Å². The van der Waals surface area contributed by atoms with Gasteiger partial charge in [0.15, 0.2) is 5.82 Å². The number of nitrogens with zero attached hydrogens (tertiary/aromatic N) is 3. The topological polar surface area (TPSA) is 70.4 Å². The van der Waals surface area contributed by atoms with Crippen LogP contribution in [-0.4, -0.2) is 45.0 Å². The fourth-order valence-corrected chi connectivity index (χ4v) is 2.98. The molecule has 2 heterocycles. The summed E-state index contributed by atoms with van der Waals surface area (Å²) < 4.78 is 1.83. The van der Waals surface area contributed by atoms with Crippen LogP contribution in [0.25, 0.3) is 5.69 Å². The highest BCUT2D eigenvalue weighted by Crippen LogP contribution is 2.19. The van der Waals surface area contributed by atoms with E-state index in [4.69, 9.17) is 0 Å². The first-order valence-corrected chi connectivity index (χ1v) is 7.82. The molecule has 2 N–H and O–H groups in total. The Morgan fingerprint density at radius 2 is 1.91 bits per heavy atom. The molecule has 6 nitrogen and oxygen atoms in total. The Hall–Kier alpha value is -2.34. The van der Waals surface area contributed by atoms with E-state index in [1.165, 1.54) is 11.1 Å². The average Bonchev–Trinajstić information content (AvgIpc) is 3.04. The van der Waals surface area contributed by atoms with Crippen LogP contribution in [0, 0.1) is 20.8 Å². The number of likely N-dealkylation sites (tertiary alicyclic amines) is 1. The molecule has 1 fully saturated rings. The number of hydrogen-bond donors (Lipinski definition) is 2. The summed E-state index contributed by atoms with van der Waals surface area (Å²) in [6.45, 7) is 7.01. The predicted octanol–water partition coefficient (Wildman–Crippen LogP) is 2.40. The molecule has 23 heavy (non-hydrogen) atoms. The van der Waals surface area contributed by atoms with Gasteiger partial charge in [-0.1, -0.05) is 6.07 Å². The number of aliphatic hydroxyl groups is 1. The van der Waals surface area contributed by atoms with E-state index >= 15 is 0 Å². The Bertz CT molecular complexity index is 718. The number of benzene rings is 1. The van der Waals surface area contributed by atoms with E-state index in [9.17, 15) is 9.90 Å². The number of aromatic nitrogens is 2. The second-order valence-electron chi connectivity index (χ2n) is 6.25. The summed E-state index contributed by atoms with van der Waals surface area (Å²) in [4.78, 5) is 13.8. The van der Waals surface area contributed by atoms with Crippen molar-refractivity contribution in [3.63, 3.8) is 0 Å². The lowest BCUT2D eigenvalue weighted by Crippen LogP contribution is -2.33. The third kappa shape index (κ3) is 3.37. The summed E-state index contributed by atoms with van der Waals surface area (Å²) in [6.07, 6.45) is 0.207. The Labute approximate surface area is 135 Å². The van der Waals surface area contributed by atoms with Crippen LogP contribution in [0.15, 0.2) is 24.3 Å². The van der Waals surface area contributed by atoms with Crippen molar-refractivity contribution in [1.29, 1.82) is 0 Å². The number of anilines is 1. The lowest BCUT2D eigenvalue weighted by atomic mass is 10.1. The number of carbonyl (C=O) groups excluding carboxylic acids is 1. The van der Waals surface area contributed by atoms with Crippen molar-refractivity contribution in [3.05, 3.63) is 41.1 Å². The molecule has 1 aromatic heterocycles. The summed E-state index contributed by atoms with van der Waals surface area (Å²) in [5.74, 6) is 0.521. The van der Waals surface area contributed by atoms with Gasteiger partial charge < -0.3 is 10.0 Å². The normalized spacial score (nSPS) is 17.6. The van der Waals surface area contributed by atoms with Gasteiger partial charge in [0.1, 0.15) is 0 Å². The van der Waals surface area contributed by atoms with Crippen LogP contribution in [0.1, 0.15) is 23.2 Å². The van der Waals surface area contributed by atoms with Crippen LogP contribution in [0.4, 0.5) is 10.6 Å². The molecule has 2 amide bonds. The SMILES string of the molecule is Cc1cc(C)cc(-n2nc(NC(=O)N3CCC(O)C3)cc2C)c1. The molecule has 2 aromatic rings. The van der Waals surface area contributed by atoms with Gasteiger partial charge in [0.2, 0.25) is 0 Å². The molecule has 122 valence electrons. The Balaban J connectivity index is 1.79. The van der Waals surface area contributed by atoms with Crippen LogP contribution in [0.5, 0.6) is 0 Å². The van der Waals surface area contributed by atoms with Crippen molar-refractivity contribution in [2.24, 2.45) is 0 Å². The maximum atomic E-state index is 12.2. The van der Waals surface area contributed by atoms with Crippen LogP contribution in [-0.2, 0) is 0 Å². The zero-order valence-corrected chi connectivity index (χ0v) is 13.7. The summed E-state index contributed by atoms with van der Waals surface area (Å²) in [6, 6.07) is 7.88. The molecule has 1 saturated heterocycles. The summed E-state index contributed by atoms with van der Waals surface area (Å²) in [7, 11) is 0. The van der Waals surface area contributed by atoms with E-state index in [2.05, 4.69) is 42.5 Å². The first-order valence-electron chi connectivity index (χ1n) is 7.82. The average molecular weight is 314 g/mol. The summed E-state index contributed by atoms with van der Waals surface area (Å²) in [5.41, 5.74) is 4.28. The smallest absolute Gasteiger partial charge is 0.323 e. The van der Waals surface area contributed by atoms with Crippen molar-refractivity contribution >= 4 is 11.8 Å². The van der Waals surface area contributed by atoms with Gasteiger partial charge in [-0.2, -0.15) is 0 Å². The highest BCUT2D eigenvalue weighted by Gasteiger charge is 2.25. The molecule has 1 aliphatic rings. The molecule has 0 spiro atoms. The van der Waals surface area contributed by atoms with Gasteiger partial charge in [-0.05, 0) is 50.5 Å². The second kappa shape index (κ2) is 6.04. The van der Waals surface area contributed by atoms with Gasteiger partial charge in [-0.15, -0.1) is 5.10 Å². The molecule has 1 atom stereocenters. The minimum Gasteiger partial charge on any atom is -0.391 e. The Morgan fingerprint density at radius 1 is 1.22 bits per heavy atom. The van der Waals surface area contributed by atoms with Gasteiger partial charge in [0.05, 0.1) is 11.8 Å². The molecule has 1 unspecified atom stereocenters. The van der Waals surface area contributed by atoms with Crippen molar-refractivity contribution < 1.29 is 9.90 Å². The highest BCUT2D eigenvalue weighted by atomic mass is 16.3. The van der Waals surface area contributed by atoms with E-state index in [0.29, 0.717) is 25.3 Å². The molecule has 0 bridgehead atoms. The van der Waals surface area contributed by atoms with Gasteiger partial charge in [0, 0.05) is 24.8 Å². The third-order valence-corrected chi connectivity index (χ3v) is 4.02. The quantitative estimate of drug-likeness (QED) is 0.894. The fraction of sp³-hybridized carbons (Fsp3) is 0.412. The Morgan fingerprint density at radius 3 is 2.52 bits per heavy atom. The van der Waals surface area contributed by atoms with Crippen molar-refractivity contribution in [3.8, 4) is 5.69 Å². The van der Waals surface area contributed by atoms with Gasteiger partial charge in [-0.25, -0.2) is 9.48 Å². The van der Waals surface area contributed by atoms with Crippen molar-refractivity contribution in [2.45, 2.75) is 33.3 Å². The third-order valence-electron chi connectivity index (χ3n) is 4.02. The number of aryl methyl sites for hydroxylation is 3. The molecular formula is C17H22N4O2. The number of nitrogens with one attached hydrogen (secondary N) is 1. The van der Waals surface area contributed by atoms with Gasteiger partial charge in [0.25, 0.3) is 0 Å². The first-order chi connectivity index (χ1) is 10.9. The number of β-amino-alcohol motifs (C(OH)–C–C–N with tert-alkyl or cyclic N) is 1. The zero-order chi connectivity index (χ0) is 16.6. The second-order valence-corrected chi connectivity index (χ2v) is 6.25. The van der Waals surface area contributed by atoms with Gasteiger partial charge >= 0.3 is 6.03 Å². The number of aliphatic hydroxyl groups excluding tert-OH is 1.